The molecule has 15 heteroatoms. The van der Waals surface area contributed by atoms with Crippen LogP contribution in [0.2, 0.25) is 0 Å². The molecule has 0 saturated carbocycles. The SMILES string of the molecule is COc1c(C)cc2c(c1O)[C@@H]1[C@@H]3[C@@H]4SCC(NC(C)=O)C(=O)OCC(c5c6c(c(C)c(OC(C)=O)c54)OCO6)N3[C@@H](C#N)[C@@H](C2)N1C(C)=O. The van der Waals surface area contributed by atoms with Gasteiger partial charge in [-0.25, -0.2) is 4.79 Å². The summed E-state index contributed by atoms with van der Waals surface area (Å²) >= 11 is 1.29. The van der Waals surface area contributed by atoms with Crippen LogP contribution in [-0.2, 0) is 30.3 Å². The van der Waals surface area contributed by atoms with Crippen LogP contribution in [0.1, 0.15) is 71.5 Å². The summed E-state index contributed by atoms with van der Waals surface area (Å²) in [5.41, 5.74) is 3.62. The highest BCUT2D eigenvalue weighted by atomic mass is 32.2. The van der Waals surface area contributed by atoms with E-state index in [1.165, 1.54) is 39.6 Å². The minimum absolute atomic E-state index is 0.0357. The second-order valence-electron chi connectivity index (χ2n) is 12.9. The van der Waals surface area contributed by atoms with Gasteiger partial charge in [-0.2, -0.15) is 5.26 Å². The average Bonchev–Trinajstić information content (AvgIpc) is 3.53. The molecule has 5 heterocycles. The number of nitriles is 1. The monoisotopic (exact) mass is 692 g/mol. The Morgan fingerprint density at radius 1 is 1.08 bits per heavy atom. The molecule has 2 amide bonds. The first kappa shape index (κ1) is 32.8. The number of ether oxygens (including phenoxy) is 5. The summed E-state index contributed by atoms with van der Waals surface area (Å²) in [6.07, 6.45) is 0.275. The molecule has 0 spiro atoms. The molecule has 5 aliphatic rings. The molecule has 2 aromatic rings. The van der Waals surface area contributed by atoms with Gasteiger partial charge in [0, 0.05) is 48.8 Å². The lowest BCUT2D eigenvalue weighted by atomic mass is 9.71. The maximum absolute atomic E-state index is 13.7. The van der Waals surface area contributed by atoms with E-state index in [0.29, 0.717) is 39.3 Å². The number of hydrogen-bond donors (Lipinski definition) is 2. The number of hydrogen-bond acceptors (Lipinski definition) is 13. The van der Waals surface area contributed by atoms with Gasteiger partial charge in [0.2, 0.25) is 18.6 Å². The van der Waals surface area contributed by atoms with E-state index in [1.54, 1.807) is 11.8 Å². The van der Waals surface area contributed by atoms with Gasteiger partial charge in [-0.1, -0.05) is 6.07 Å². The van der Waals surface area contributed by atoms with Crippen LogP contribution in [0, 0.1) is 25.2 Å². The van der Waals surface area contributed by atoms with Gasteiger partial charge in [0.15, 0.2) is 23.0 Å². The van der Waals surface area contributed by atoms with Crippen LogP contribution in [0.25, 0.3) is 0 Å². The number of thioether (sulfide) groups is 1. The van der Waals surface area contributed by atoms with Gasteiger partial charge in [0.05, 0.1) is 42.6 Å². The van der Waals surface area contributed by atoms with Gasteiger partial charge in [-0.15, -0.1) is 11.8 Å². The summed E-state index contributed by atoms with van der Waals surface area (Å²) in [6, 6.07) is -0.549. The summed E-state index contributed by atoms with van der Waals surface area (Å²) in [4.78, 5) is 55.7. The molecule has 2 aromatic carbocycles. The lowest BCUT2D eigenvalue weighted by molar-refractivity contribution is -0.157. The highest BCUT2D eigenvalue weighted by molar-refractivity contribution is 7.99. The normalized spacial score (nSPS) is 27.9. The fourth-order valence-electron chi connectivity index (χ4n) is 8.49. The summed E-state index contributed by atoms with van der Waals surface area (Å²) in [5.74, 6) is -0.727. The number of nitrogens with one attached hydrogen (secondary N) is 1. The van der Waals surface area contributed by atoms with Crippen LogP contribution >= 0.6 is 11.8 Å². The van der Waals surface area contributed by atoms with Crippen LogP contribution in [0.3, 0.4) is 0 Å². The number of piperazine rings is 1. The van der Waals surface area contributed by atoms with E-state index in [4.69, 9.17) is 23.7 Å². The number of phenolic OH excluding ortho intramolecular Hbond substituents is 1. The Balaban J connectivity index is 1.57. The number of rotatable bonds is 3. The molecule has 4 bridgehead atoms. The number of carbonyl (C=O) groups excluding carboxylic acids is 4. The highest BCUT2D eigenvalue weighted by Crippen LogP contribution is 2.64. The number of benzene rings is 2. The molecule has 0 radical (unpaired) electrons. The molecule has 5 aliphatic heterocycles. The molecular weight excluding hydrogens is 656 g/mol. The van der Waals surface area contributed by atoms with Gasteiger partial charge in [-0.05, 0) is 31.4 Å². The van der Waals surface area contributed by atoms with E-state index in [9.17, 15) is 29.5 Å². The van der Waals surface area contributed by atoms with Crippen molar-refractivity contribution >= 4 is 35.5 Å². The first-order valence-corrected chi connectivity index (χ1v) is 17.0. The number of esters is 2. The lowest BCUT2D eigenvalue weighted by Crippen LogP contribution is -2.70. The number of aryl methyl sites for hydroxylation is 1. The summed E-state index contributed by atoms with van der Waals surface area (Å²) in [5, 5.41) is 24.8. The largest absolute Gasteiger partial charge is 0.504 e. The first-order valence-electron chi connectivity index (χ1n) is 15.9. The number of methoxy groups -OCH3 is 1. The number of aromatic hydroxyl groups is 1. The van der Waals surface area contributed by atoms with E-state index in [2.05, 4.69) is 11.4 Å². The molecule has 258 valence electrons. The van der Waals surface area contributed by atoms with Crippen molar-refractivity contribution in [3.05, 3.63) is 39.4 Å². The van der Waals surface area contributed by atoms with E-state index in [0.717, 1.165) is 5.56 Å². The van der Waals surface area contributed by atoms with Gasteiger partial charge < -0.3 is 39.0 Å². The summed E-state index contributed by atoms with van der Waals surface area (Å²) < 4.78 is 29.5. The average molecular weight is 693 g/mol. The van der Waals surface area contributed by atoms with E-state index < -0.39 is 59.3 Å². The Hall–Kier alpha value is -4.68. The van der Waals surface area contributed by atoms with E-state index >= 15 is 0 Å². The Kier molecular flexibility index (Phi) is 8.06. The van der Waals surface area contributed by atoms with Gasteiger partial charge in [0.1, 0.15) is 24.4 Å². The molecule has 14 nitrogen and oxygen atoms in total. The second-order valence-corrected chi connectivity index (χ2v) is 14.1. The van der Waals surface area contributed by atoms with Crippen LogP contribution in [-0.4, -0.2) is 89.1 Å². The van der Waals surface area contributed by atoms with Gasteiger partial charge in [0.25, 0.3) is 0 Å². The molecule has 2 saturated heterocycles. The zero-order valence-electron chi connectivity index (χ0n) is 27.8. The van der Waals surface area contributed by atoms with Crippen molar-refractivity contribution in [3.63, 3.8) is 0 Å². The van der Waals surface area contributed by atoms with Crippen LogP contribution < -0.4 is 24.3 Å². The van der Waals surface area contributed by atoms with E-state index in [1.807, 2.05) is 17.9 Å². The van der Waals surface area contributed by atoms with Gasteiger partial charge >= 0.3 is 11.9 Å². The third kappa shape index (κ3) is 4.86. The summed E-state index contributed by atoms with van der Waals surface area (Å²) in [6.45, 7) is 7.26. The standard InChI is InChI=1S/C34H36N4O10S/c1-13-7-18-8-20-21(9-35)38-22-10-45-34(43)19(36-15(3)39)11-49-33(27(38)26(37(20)16(4)40)23(18)28(42)29(13)44-6)25-24(22)32-31(46-12-47-32)14(2)30(25)48-17(5)41/h7,19-22,26-27,33,42H,8,10-12H2,1-6H3,(H,36,39)/t19?,20-,21+,22?,26-,27-,33-/m1/s1. The number of carbonyl (C=O) groups is 4. The van der Waals surface area contributed by atoms with Crippen molar-refractivity contribution in [2.24, 2.45) is 0 Å². The highest BCUT2D eigenvalue weighted by Gasteiger charge is 2.62. The minimum atomic E-state index is -1.02. The van der Waals surface area contributed by atoms with Crippen LogP contribution in [0.15, 0.2) is 6.07 Å². The predicted octanol–water partition coefficient (Wildman–Crippen LogP) is 2.65. The van der Waals surface area contributed by atoms with Crippen molar-refractivity contribution in [1.82, 2.24) is 15.1 Å². The number of cyclic esters (lactones) is 1. The molecular formula is C34H36N4O10S. The van der Waals surface area contributed by atoms with Gasteiger partial charge in [-0.3, -0.25) is 19.3 Å². The van der Waals surface area contributed by atoms with Crippen LogP contribution in [0.4, 0.5) is 0 Å². The molecule has 2 N–H and O–H groups in total. The van der Waals surface area contributed by atoms with E-state index in [-0.39, 0.29) is 48.7 Å². The Morgan fingerprint density at radius 2 is 1.82 bits per heavy atom. The topological polar surface area (TPSA) is 177 Å². The quantitative estimate of drug-likeness (QED) is 0.355. The Labute approximate surface area is 286 Å². The zero-order valence-corrected chi connectivity index (χ0v) is 28.6. The molecule has 2 unspecified atom stereocenters. The number of phenols is 1. The number of nitrogens with zero attached hydrogens (tertiary/aromatic N) is 3. The van der Waals surface area contributed by atoms with Crippen molar-refractivity contribution in [2.45, 2.75) is 82.5 Å². The maximum atomic E-state index is 13.7. The van der Waals surface area contributed by atoms with Crippen molar-refractivity contribution < 1.29 is 48.0 Å². The molecule has 7 rings (SSSR count). The predicted molar refractivity (Wildman–Crippen MR) is 172 cm³/mol. The fourth-order valence-corrected chi connectivity index (χ4v) is 9.99. The molecule has 2 fully saturated rings. The first-order chi connectivity index (χ1) is 23.4. The Bertz CT molecular complexity index is 1860. The number of amides is 2. The molecule has 0 aromatic heterocycles. The molecule has 7 atom stereocenters. The third-order valence-corrected chi connectivity index (χ3v) is 11.5. The molecule has 49 heavy (non-hydrogen) atoms. The Morgan fingerprint density at radius 3 is 2.47 bits per heavy atom. The minimum Gasteiger partial charge on any atom is -0.504 e. The van der Waals surface area contributed by atoms with Crippen LogP contribution in [0.5, 0.6) is 28.7 Å². The second kappa shape index (κ2) is 12.0. The fraction of sp³-hybridized carbons (Fsp3) is 0.500. The smallest absolute Gasteiger partial charge is 0.329 e. The lowest BCUT2D eigenvalue weighted by Gasteiger charge is -2.62. The van der Waals surface area contributed by atoms with Crippen molar-refractivity contribution in [3.8, 4) is 34.8 Å². The van der Waals surface area contributed by atoms with Crippen molar-refractivity contribution in [1.29, 1.82) is 5.26 Å². The third-order valence-electron chi connectivity index (χ3n) is 10.1. The van der Waals surface area contributed by atoms with Crippen molar-refractivity contribution in [2.75, 3.05) is 26.3 Å². The maximum Gasteiger partial charge on any atom is 0.329 e. The number of fused-ring (bicyclic) bond motifs is 9. The summed E-state index contributed by atoms with van der Waals surface area (Å²) in [7, 11) is 1.46. The zero-order chi connectivity index (χ0) is 35.0. The molecule has 0 aliphatic carbocycles.